The lowest BCUT2D eigenvalue weighted by Crippen LogP contribution is -2.12. The number of aryl methyl sites for hydroxylation is 1. The van der Waals surface area contributed by atoms with E-state index in [9.17, 15) is 18.0 Å². The van der Waals surface area contributed by atoms with Crippen molar-refractivity contribution in [3.05, 3.63) is 47.3 Å². The largest absolute Gasteiger partial charge is 0.416 e. The van der Waals surface area contributed by atoms with Gasteiger partial charge in [0.15, 0.2) is 0 Å². The normalized spacial score (nSPS) is 11.4. The van der Waals surface area contributed by atoms with Gasteiger partial charge in [0, 0.05) is 5.69 Å². The molecule has 0 fully saturated rings. The number of nitrogens with zero attached hydrogens (tertiary/aromatic N) is 1. The average Bonchev–Trinajstić information content (AvgIpc) is 2.75. The molecule has 100 valence electrons. The molecular formula is C12H9F3N2O2. The van der Waals surface area contributed by atoms with Gasteiger partial charge < -0.3 is 9.84 Å². The first-order valence-electron chi connectivity index (χ1n) is 5.28. The second-order valence-corrected chi connectivity index (χ2v) is 3.82. The minimum Gasteiger partial charge on any atom is -0.361 e. The second-order valence-electron chi connectivity index (χ2n) is 3.82. The number of halogens is 3. The molecule has 0 spiro atoms. The molecule has 0 aliphatic carbocycles. The summed E-state index contributed by atoms with van der Waals surface area (Å²) in [5.41, 5.74) is -0.273. The van der Waals surface area contributed by atoms with E-state index in [4.69, 9.17) is 4.52 Å². The summed E-state index contributed by atoms with van der Waals surface area (Å²) in [6.45, 7) is 1.56. The molecule has 1 aromatic heterocycles. The van der Waals surface area contributed by atoms with E-state index in [0.29, 0.717) is 5.76 Å². The van der Waals surface area contributed by atoms with E-state index in [0.717, 1.165) is 12.1 Å². The lowest BCUT2D eigenvalue weighted by Gasteiger charge is -2.08. The number of carbonyl (C=O) groups excluding carboxylic acids is 1. The predicted octanol–water partition coefficient (Wildman–Crippen LogP) is 3.25. The summed E-state index contributed by atoms with van der Waals surface area (Å²) in [5, 5.41) is 5.90. The van der Waals surface area contributed by atoms with Crippen molar-refractivity contribution in [2.24, 2.45) is 0 Å². The number of carbonyl (C=O) groups is 1. The first-order valence-corrected chi connectivity index (χ1v) is 5.28. The second kappa shape index (κ2) is 4.75. The minimum absolute atomic E-state index is 0.236. The van der Waals surface area contributed by atoms with Gasteiger partial charge in [-0.25, -0.2) is 0 Å². The molecular weight excluding hydrogens is 265 g/mol. The molecule has 0 unspecified atom stereocenters. The van der Waals surface area contributed by atoms with Gasteiger partial charge in [-0.15, -0.1) is 0 Å². The van der Waals surface area contributed by atoms with Crippen molar-refractivity contribution in [2.45, 2.75) is 13.1 Å². The van der Waals surface area contributed by atoms with E-state index < -0.39 is 17.6 Å². The summed E-state index contributed by atoms with van der Waals surface area (Å²) in [6, 6.07) is 4.17. The number of aromatic nitrogens is 1. The van der Waals surface area contributed by atoms with Crippen molar-refractivity contribution in [3.63, 3.8) is 0 Å². The Balaban J connectivity index is 2.12. The molecule has 0 radical (unpaired) electrons. The monoisotopic (exact) mass is 274 g/mol. The number of anilines is 1. The van der Waals surface area contributed by atoms with Crippen LogP contribution in [-0.4, -0.2) is 11.1 Å². The molecule has 7 heteroatoms. The van der Waals surface area contributed by atoms with Crippen molar-refractivity contribution < 1.29 is 22.5 Å². The third-order valence-corrected chi connectivity index (χ3v) is 2.47. The average molecular weight is 274 g/mol. The van der Waals surface area contributed by atoms with Crippen molar-refractivity contribution in [3.8, 4) is 0 Å². The van der Waals surface area contributed by atoms with Crippen LogP contribution in [0.3, 0.4) is 0 Å². The highest BCUT2D eigenvalue weighted by molar-refractivity contribution is 6.04. The topological polar surface area (TPSA) is 55.1 Å². The van der Waals surface area contributed by atoms with Gasteiger partial charge in [-0.1, -0.05) is 5.16 Å². The highest BCUT2D eigenvalue weighted by atomic mass is 19.4. The zero-order valence-corrected chi connectivity index (χ0v) is 9.78. The standard InChI is InChI=1S/C12H9F3N2O2/c1-7-10(6-16-19-7)11(18)17-9-4-2-8(3-5-9)12(13,14)15/h2-6H,1H3,(H,17,18)/i1+1,7+1,10+1,11+1. The molecule has 0 aliphatic rings. The van der Waals surface area contributed by atoms with Crippen molar-refractivity contribution in [1.82, 2.24) is 5.16 Å². The van der Waals surface area contributed by atoms with Gasteiger partial charge in [-0.05, 0) is 31.2 Å². The van der Waals surface area contributed by atoms with Gasteiger partial charge >= 0.3 is 6.18 Å². The first kappa shape index (κ1) is 13.1. The zero-order valence-electron chi connectivity index (χ0n) is 9.78. The van der Waals surface area contributed by atoms with Gasteiger partial charge in [0.1, 0.15) is 11.3 Å². The Morgan fingerprint density at radius 1 is 1.26 bits per heavy atom. The summed E-state index contributed by atoms with van der Waals surface area (Å²) < 4.78 is 41.8. The predicted molar refractivity (Wildman–Crippen MR) is 60.6 cm³/mol. The van der Waals surface area contributed by atoms with Gasteiger partial charge in [0.05, 0.1) is 11.8 Å². The van der Waals surface area contributed by atoms with E-state index in [2.05, 4.69) is 10.5 Å². The van der Waals surface area contributed by atoms with Crippen LogP contribution in [0.25, 0.3) is 0 Å². The molecule has 19 heavy (non-hydrogen) atoms. The summed E-state index contributed by atoms with van der Waals surface area (Å²) >= 11 is 0. The fourth-order valence-electron chi connectivity index (χ4n) is 1.46. The van der Waals surface area contributed by atoms with E-state index in [1.807, 2.05) is 0 Å². The van der Waals surface area contributed by atoms with Crippen LogP contribution in [-0.2, 0) is 6.18 Å². The molecule has 2 rings (SSSR count). The molecule has 0 aliphatic heterocycles. The number of alkyl halides is 3. The molecule has 1 heterocycles. The van der Waals surface area contributed by atoms with Gasteiger partial charge in [0.2, 0.25) is 0 Å². The molecule has 1 N–H and O–H groups in total. The molecule has 0 saturated carbocycles. The van der Waals surface area contributed by atoms with Crippen molar-refractivity contribution in [1.29, 1.82) is 0 Å². The Kier molecular flexibility index (Phi) is 3.28. The van der Waals surface area contributed by atoms with E-state index >= 15 is 0 Å². The fourth-order valence-corrected chi connectivity index (χ4v) is 1.46. The number of rotatable bonds is 2. The quantitative estimate of drug-likeness (QED) is 0.855. The number of hydrogen-bond donors (Lipinski definition) is 1. The molecule has 1 aromatic carbocycles. The van der Waals surface area contributed by atoms with Crippen molar-refractivity contribution >= 4 is 11.6 Å². The Hall–Kier alpha value is -2.31. The van der Waals surface area contributed by atoms with Crippen LogP contribution in [0.5, 0.6) is 0 Å². The van der Waals surface area contributed by atoms with Crippen LogP contribution >= 0.6 is 0 Å². The maximum absolute atomic E-state index is 12.4. The maximum atomic E-state index is 12.4. The Bertz CT molecular complexity index is 588. The third kappa shape index (κ3) is 2.93. The van der Waals surface area contributed by atoms with Crippen LogP contribution < -0.4 is 5.32 Å². The highest BCUT2D eigenvalue weighted by Gasteiger charge is 2.30. The Morgan fingerprint density at radius 3 is 2.37 bits per heavy atom. The molecule has 0 bridgehead atoms. The van der Waals surface area contributed by atoms with Crippen LogP contribution in [0.4, 0.5) is 18.9 Å². The molecule has 0 atom stereocenters. The summed E-state index contributed by atoms with van der Waals surface area (Å²) in [6.07, 6.45) is -3.15. The van der Waals surface area contributed by atoms with Crippen LogP contribution in [0.1, 0.15) is 21.7 Å². The summed E-state index contributed by atoms with van der Waals surface area (Å²) in [7, 11) is 0. The summed E-state index contributed by atoms with van der Waals surface area (Å²) in [5.74, 6) is -0.150. The first-order chi connectivity index (χ1) is 8.88. The van der Waals surface area contributed by atoms with Gasteiger partial charge in [0.25, 0.3) is 5.91 Å². The minimum atomic E-state index is -4.40. The van der Waals surface area contributed by atoms with Gasteiger partial charge in [-0.2, -0.15) is 13.2 Å². The molecule has 1 amide bonds. The number of benzene rings is 1. The maximum Gasteiger partial charge on any atom is 0.416 e. The highest BCUT2D eigenvalue weighted by Crippen LogP contribution is 2.29. The van der Waals surface area contributed by atoms with E-state index in [1.165, 1.54) is 18.3 Å². The van der Waals surface area contributed by atoms with Gasteiger partial charge in [-0.3, -0.25) is 4.79 Å². The molecule has 2 aromatic rings. The lowest BCUT2D eigenvalue weighted by molar-refractivity contribution is -0.137. The van der Waals surface area contributed by atoms with Crippen LogP contribution in [0, 0.1) is 6.92 Å². The third-order valence-electron chi connectivity index (χ3n) is 2.47. The SMILES string of the molecule is [13CH3][13c]1onc[13c]1[13C](=O)Nc1ccc(C(F)(F)F)cc1. The van der Waals surface area contributed by atoms with E-state index in [1.54, 1.807) is 6.92 Å². The molecule has 4 nitrogen and oxygen atoms in total. The Labute approximate surface area is 106 Å². The number of amides is 1. The zero-order chi connectivity index (χ0) is 14.0. The molecule has 0 saturated heterocycles. The number of hydrogen-bond acceptors (Lipinski definition) is 3. The smallest absolute Gasteiger partial charge is 0.361 e. The van der Waals surface area contributed by atoms with Crippen LogP contribution in [0.15, 0.2) is 35.0 Å². The lowest BCUT2D eigenvalue weighted by atomic mass is 10.2. The van der Waals surface area contributed by atoms with E-state index in [-0.39, 0.29) is 11.3 Å². The number of nitrogens with one attached hydrogen (secondary N) is 1. The van der Waals surface area contributed by atoms with Crippen LogP contribution in [0.2, 0.25) is 0 Å². The van der Waals surface area contributed by atoms with Crippen molar-refractivity contribution in [2.75, 3.05) is 5.32 Å². The Morgan fingerprint density at radius 2 is 1.89 bits per heavy atom. The fraction of sp³-hybridized carbons (Fsp3) is 0.167. The summed E-state index contributed by atoms with van der Waals surface area (Å²) in [4.78, 5) is 11.7.